The molecule has 29 heavy (non-hydrogen) atoms. The first-order valence-corrected chi connectivity index (χ1v) is 10.5. The highest BCUT2D eigenvalue weighted by Gasteiger charge is 2.46. The van der Waals surface area contributed by atoms with Crippen LogP contribution in [0.1, 0.15) is 34.7 Å². The Bertz CT molecular complexity index is 1070. The fourth-order valence-corrected chi connectivity index (χ4v) is 4.79. The van der Waals surface area contributed by atoms with E-state index < -0.39 is 34.5 Å². The summed E-state index contributed by atoms with van der Waals surface area (Å²) in [4.78, 5) is 15.5. The van der Waals surface area contributed by atoms with Gasteiger partial charge in [-0.25, -0.2) is 17.5 Å². The van der Waals surface area contributed by atoms with Gasteiger partial charge >= 0.3 is 0 Å². The lowest BCUT2D eigenvalue weighted by atomic mass is 10.1. The van der Waals surface area contributed by atoms with E-state index in [1.165, 1.54) is 23.1 Å². The van der Waals surface area contributed by atoms with Crippen LogP contribution >= 0.6 is 0 Å². The van der Waals surface area contributed by atoms with Crippen LogP contribution in [-0.2, 0) is 16.6 Å². The summed E-state index contributed by atoms with van der Waals surface area (Å²) in [6.45, 7) is 0.914. The molecule has 156 valence electrons. The van der Waals surface area contributed by atoms with Gasteiger partial charge in [-0.2, -0.15) is 0 Å². The fourth-order valence-electron chi connectivity index (χ4n) is 3.32. The Morgan fingerprint density at radius 1 is 1.38 bits per heavy atom. The number of benzene rings is 1. The topological polar surface area (TPSA) is 116 Å². The highest BCUT2D eigenvalue weighted by Crippen LogP contribution is 2.38. The number of amides is 1. The van der Waals surface area contributed by atoms with Crippen LogP contribution in [0.3, 0.4) is 0 Å². The average Bonchev–Trinajstić information content (AvgIpc) is 3.33. The van der Waals surface area contributed by atoms with E-state index in [1.54, 1.807) is 20.0 Å². The molecule has 2 heterocycles. The minimum atomic E-state index is -4.00. The lowest BCUT2D eigenvalue weighted by molar-refractivity contribution is -0.00290. The molecule has 2 N–H and O–H groups in total. The summed E-state index contributed by atoms with van der Waals surface area (Å²) in [6.07, 6.45) is -0.389. The first kappa shape index (κ1) is 19.8. The zero-order valence-corrected chi connectivity index (χ0v) is 16.7. The highest BCUT2D eigenvalue weighted by molar-refractivity contribution is 7.89. The molecule has 9 nitrogen and oxygen atoms in total. The maximum Gasteiger partial charge on any atom is 0.259 e. The predicted octanol–water partition coefficient (Wildman–Crippen LogP) is 1.13. The summed E-state index contributed by atoms with van der Waals surface area (Å²) in [5, 5.41) is 14.3. The van der Waals surface area contributed by atoms with Crippen molar-refractivity contribution in [3.05, 3.63) is 41.3 Å². The molecule has 1 amide bonds. The molecule has 1 aliphatic carbocycles. The molecule has 0 saturated heterocycles. The molecule has 0 bridgehead atoms. The molecule has 1 aromatic carbocycles. The molecular formula is C18H21FN4O5S. The van der Waals surface area contributed by atoms with Crippen molar-refractivity contribution in [1.82, 2.24) is 14.8 Å². The van der Waals surface area contributed by atoms with E-state index in [1.807, 2.05) is 0 Å². The van der Waals surface area contributed by atoms with E-state index in [0.717, 1.165) is 4.90 Å². The van der Waals surface area contributed by atoms with Crippen LogP contribution in [0, 0.1) is 6.92 Å². The van der Waals surface area contributed by atoms with Gasteiger partial charge in [0.15, 0.2) is 5.76 Å². The number of aryl methyl sites for hydroxylation is 1. The molecule has 4 rings (SSSR count). The number of nitrogens with zero attached hydrogens (tertiary/aromatic N) is 3. The summed E-state index contributed by atoms with van der Waals surface area (Å²) in [7, 11) is -2.41. The Kier molecular flexibility index (Phi) is 4.63. The van der Waals surface area contributed by atoms with E-state index in [4.69, 9.17) is 4.52 Å². The normalized spacial score (nSPS) is 20.7. The van der Waals surface area contributed by atoms with Crippen LogP contribution in [0.4, 0.5) is 10.1 Å². The second-order valence-electron chi connectivity index (χ2n) is 7.52. The van der Waals surface area contributed by atoms with E-state index in [-0.39, 0.29) is 17.0 Å². The summed E-state index contributed by atoms with van der Waals surface area (Å²) in [5.41, 5.74) is 0.0937. The third-order valence-electron chi connectivity index (χ3n) is 5.24. The predicted molar refractivity (Wildman–Crippen MR) is 100 cm³/mol. The quantitative estimate of drug-likeness (QED) is 0.714. The molecule has 11 heteroatoms. The third kappa shape index (κ3) is 3.49. The Morgan fingerprint density at radius 2 is 2.10 bits per heavy atom. The number of aliphatic hydroxyl groups is 1. The van der Waals surface area contributed by atoms with Gasteiger partial charge in [0.25, 0.3) is 5.91 Å². The lowest BCUT2D eigenvalue weighted by Gasteiger charge is -2.40. The Labute approximate surface area is 167 Å². The molecule has 1 atom stereocenters. The number of halogens is 1. The van der Waals surface area contributed by atoms with E-state index >= 15 is 0 Å². The Morgan fingerprint density at radius 3 is 2.69 bits per heavy atom. The second kappa shape index (κ2) is 6.78. The summed E-state index contributed by atoms with van der Waals surface area (Å²) in [6, 6.07) is 5.68. The number of anilines is 1. The number of fused-ring (bicyclic) bond motifs is 1. The van der Waals surface area contributed by atoms with Crippen molar-refractivity contribution in [2.75, 3.05) is 18.6 Å². The minimum absolute atomic E-state index is 0.0369. The van der Waals surface area contributed by atoms with Crippen molar-refractivity contribution in [3.8, 4) is 0 Å². The standard InChI is InChI=1S/C18H21FN4O5S/c1-11-7-12(28-20-11)9-23-16(24)14-8-13(3-4-15(14)22(2)17(23)25)29(26,27)21-18(10-19)5-6-18/h3-4,7-8,17,21,25H,5-6,9-10H2,1-2H3. The molecule has 1 aromatic heterocycles. The van der Waals surface area contributed by atoms with Gasteiger partial charge in [0.2, 0.25) is 16.4 Å². The summed E-state index contributed by atoms with van der Waals surface area (Å²) < 4.78 is 46.0. The lowest BCUT2D eigenvalue weighted by Crippen LogP contribution is -2.53. The Hall–Kier alpha value is -2.50. The molecule has 1 unspecified atom stereocenters. The van der Waals surface area contributed by atoms with E-state index in [2.05, 4.69) is 9.88 Å². The first-order valence-electron chi connectivity index (χ1n) is 9.04. The van der Waals surface area contributed by atoms with E-state index in [0.29, 0.717) is 30.0 Å². The molecule has 1 aliphatic heterocycles. The molecule has 1 fully saturated rings. The van der Waals surface area contributed by atoms with E-state index in [9.17, 15) is 22.7 Å². The summed E-state index contributed by atoms with van der Waals surface area (Å²) >= 11 is 0. The van der Waals surface area contributed by atoms with Gasteiger partial charge in [0.1, 0.15) is 6.67 Å². The van der Waals surface area contributed by atoms with Gasteiger partial charge in [-0.15, -0.1) is 0 Å². The largest absolute Gasteiger partial charge is 0.359 e. The minimum Gasteiger partial charge on any atom is -0.359 e. The third-order valence-corrected chi connectivity index (χ3v) is 6.81. The number of carbonyl (C=O) groups is 1. The van der Waals surface area contributed by atoms with Gasteiger partial charge < -0.3 is 14.5 Å². The van der Waals surface area contributed by atoms with Gasteiger partial charge in [0, 0.05) is 13.1 Å². The molecule has 1 saturated carbocycles. The SMILES string of the molecule is Cc1cc(CN2C(=O)c3cc(S(=O)(=O)NC4(CF)CC4)ccc3N(C)C2O)on1. The average molecular weight is 424 g/mol. The number of aromatic nitrogens is 1. The van der Waals surface area contributed by atoms with Crippen LogP contribution in [0.5, 0.6) is 0 Å². The zero-order valence-electron chi connectivity index (χ0n) is 15.9. The van der Waals surface area contributed by atoms with Gasteiger partial charge in [-0.3, -0.25) is 9.69 Å². The van der Waals surface area contributed by atoms with Crippen molar-refractivity contribution in [3.63, 3.8) is 0 Å². The van der Waals surface area contributed by atoms with Gasteiger partial charge in [-0.1, -0.05) is 5.16 Å². The number of sulfonamides is 1. The van der Waals surface area contributed by atoms with Crippen LogP contribution in [0.25, 0.3) is 0 Å². The van der Waals surface area contributed by atoms with Crippen molar-refractivity contribution < 1.29 is 27.2 Å². The number of hydrogen-bond acceptors (Lipinski definition) is 7. The zero-order chi connectivity index (χ0) is 21.0. The fraction of sp³-hybridized carbons (Fsp3) is 0.444. The van der Waals surface area contributed by atoms with Crippen LogP contribution in [0.15, 0.2) is 33.7 Å². The number of rotatable bonds is 6. The van der Waals surface area contributed by atoms with Crippen molar-refractivity contribution in [2.24, 2.45) is 0 Å². The number of hydrogen-bond donors (Lipinski definition) is 2. The number of carbonyl (C=O) groups excluding carboxylic acids is 1. The van der Waals surface area contributed by atoms with Crippen LogP contribution in [-0.4, -0.2) is 55.1 Å². The van der Waals surface area contributed by atoms with Crippen LogP contribution < -0.4 is 9.62 Å². The monoisotopic (exact) mass is 424 g/mol. The van der Waals surface area contributed by atoms with Crippen molar-refractivity contribution in [2.45, 2.75) is 43.1 Å². The molecular weight excluding hydrogens is 403 g/mol. The second-order valence-corrected chi connectivity index (χ2v) is 9.21. The number of aliphatic hydroxyl groups excluding tert-OH is 1. The molecule has 0 radical (unpaired) electrons. The van der Waals surface area contributed by atoms with Crippen molar-refractivity contribution in [1.29, 1.82) is 0 Å². The Balaban J connectivity index is 1.67. The smallest absolute Gasteiger partial charge is 0.259 e. The molecule has 2 aliphatic rings. The highest BCUT2D eigenvalue weighted by atomic mass is 32.2. The van der Waals surface area contributed by atoms with Gasteiger partial charge in [-0.05, 0) is 38.0 Å². The molecule has 0 spiro atoms. The maximum atomic E-state index is 13.1. The number of alkyl halides is 1. The number of nitrogens with one attached hydrogen (secondary N) is 1. The maximum absolute atomic E-state index is 13.1. The molecule has 2 aromatic rings. The first-order chi connectivity index (χ1) is 13.7. The van der Waals surface area contributed by atoms with Gasteiger partial charge in [0.05, 0.1) is 33.9 Å². The van der Waals surface area contributed by atoms with Crippen molar-refractivity contribution >= 4 is 21.6 Å². The van der Waals surface area contributed by atoms with Crippen LogP contribution in [0.2, 0.25) is 0 Å². The summed E-state index contributed by atoms with van der Waals surface area (Å²) in [5.74, 6) is -0.167.